The first-order chi connectivity index (χ1) is 9.61. The second-order valence-corrected chi connectivity index (χ2v) is 6.38. The maximum absolute atomic E-state index is 11.2. The number of nitrogens with one attached hydrogen (secondary N) is 1. The summed E-state index contributed by atoms with van der Waals surface area (Å²) in [5.74, 6) is 1.55. The third-order valence-electron chi connectivity index (χ3n) is 2.85. The molecule has 1 atom stereocenters. The van der Waals surface area contributed by atoms with Crippen LogP contribution < -0.4 is 14.8 Å². The van der Waals surface area contributed by atoms with Crippen molar-refractivity contribution in [2.75, 3.05) is 25.5 Å². The van der Waals surface area contributed by atoms with Crippen LogP contribution in [0.1, 0.15) is 6.92 Å². The first kappa shape index (κ1) is 14.9. The average Bonchev–Trinajstić information content (AvgIpc) is 2.76. The van der Waals surface area contributed by atoms with Gasteiger partial charge in [-0.25, -0.2) is 8.42 Å². The monoisotopic (exact) mass is 297 g/mol. The van der Waals surface area contributed by atoms with Crippen molar-refractivity contribution in [3.05, 3.63) is 35.7 Å². The van der Waals surface area contributed by atoms with Gasteiger partial charge in [0.25, 0.3) is 0 Å². The Labute approximate surface area is 119 Å². The maximum atomic E-state index is 11.2. The Balaban J connectivity index is 1.75. The molecule has 1 aliphatic rings. The maximum Gasteiger partial charge on any atom is 0.173 e. The second kappa shape index (κ2) is 6.76. The van der Waals surface area contributed by atoms with Crippen LogP contribution in [0.15, 0.2) is 35.7 Å². The molecule has 1 aliphatic heterocycles. The number of hydrogen-bond acceptors (Lipinski definition) is 5. The van der Waals surface area contributed by atoms with Gasteiger partial charge in [0.05, 0.1) is 12.4 Å². The minimum Gasteiger partial charge on any atom is -0.490 e. The zero-order valence-electron chi connectivity index (χ0n) is 11.4. The van der Waals surface area contributed by atoms with E-state index >= 15 is 0 Å². The van der Waals surface area contributed by atoms with Crippen LogP contribution in [0.25, 0.3) is 0 Å². The van der Waals surface area contributed by atoms with E-state index in [0.29, 0.717) is 25.5 Å². The van der Waals surface area contributed by atoms with Crippen molar-refractivity contribution in [1.29, 1.82) is 0 Å². The lowest BCUT2D eigenvalue weighted by molar-refractivity contribution is 0.274. The predicted octanol–water partition coefficient (Wildman–Crippen LogP) is 1.36. The molecule has 0 aromatic heterocycles. The van der Waals surface area contributed by atoms with Crippen LogP contribution in [0.2, 0.25) is 0 Å². The molecule has 1 aromatic carbocycles. The van der Waals surface area contributed by atoms with Crippen molar-refractivity contribution in [2.45, 2.75) is 13.0 Å². The molecule has 1 N–H and O–H groups in total. The van der Waals surface area contributed by atoms with Crippen LogP contribution in [0.3, 0.4) is 0 Å². The molecule has 2 rings (SSSR count). The predicted molar refractivity (Wildman–Crippen MR) is 77.8 cm³/mol. The molecule has 6 heteroatoms. The Morgan fingerprint density at radius 1 is 1.25 bits per heavy atom. The molecule has 0 radical (unpaired) electrons. The summed E-state index contributed by atoms with van der Waals surface area (Å²) in [7, 11) is -3.00. The Morgan fingerprint density at radius 2 is 1.95 bits per heavy atom. The first-order valence-electron chi connectivity index (χ1n) is 6.59. The highest BCUT2D eigenvalue weighted by Crippen LogP contribution is 2.26. The minimum atomic E-state index is -3.00. The lowest BCUT2D eigenvalue weighted by Gasteiger charge is -2.13. The normalized spacial score (nSPS) is 19.9. The van der Waals surface area contributed by atoms with Crippen LogP contribution >= 0.6 is 0 Å². The van der Waals surface area contributed by atoms with E-state index in [9.17, 15) is 8.42 Å². The molecule has 1 heterocycles. The minimum absolute atomic E-state index is 0.120. The molecule has 20 heavy (non-hydrogen) atoms. The molecule has 5 nitrogen and oxygen atoms in total. The summed E-state index contributed by atoms with van der Waals surface area (Å²) in [5, 5.41) is 4.39. The van der Waals surface area contributed by atoms with E-state index in [2.05, 4.69) is 5.32 Å². The fourth-order valence-electron chi connectivity index (χ4n) is 1.95. The Hall–Kier alpha value is -1.53. The molecule has 110 valence electrons. The van der Waals surface area contributed by atoms with E-state index in [1.54, 1.807) is 6.08 Å². The molecule has 1 unspecified atom stereocenters. The Morgan fingerprint density at radius 3 is 2.55 bits per heavy atom. The van der Waals surface area contributed by atoms with Crippen LogP contribution in [0.5, 0.6) is 11.5 Å². The smallest absolute Gasteiger partial charge is 0.173 e. The third kappa shape index (κ3) is 4.25. The highest BCUT2D eigenvalue weighted by molar-refractivity contribution is 7.94. The molecular formula is C14H19NO4S. The summed E-state index contributed by atoms with van der Waals surface area (Å²) in [6, 6.07) is 7.37. The van der Waals surface area contributed by atoms with Crippen molar-refractivity contribution in [1.82, 2.24) is 5.32 Å². The number of benzene rings is 1. The largest absolute Gasteiger partial charge is 0.490 e. The molecule has 0 spiro atoms. The molecular weight excluding hydrogens is 278 g/mol. The van der Waals surface area contributed by atoms with Gasteiger partial charge in [0.2, 0.25) is 0 Å². The van der Waals surface area contributed by atoms with Gasteiger partial charge < -0.3 is 14.8 Å². The second-order valence-electron chi connectivity index (χ2n) is 4.45. The van der Waals surface area contributed by atoms with Crippen molar-refractivity contribution in [3.63, 3.8) is 0 Å². The van der Waals surface area contributed by atoms with E-state index in [1.165, 1.54) is 5.41 Å². The van der Waals surface area contributed by atoms with E-state index in [1.807, 2.05) is 31.2 Å². The van der Waals surface area contributed by atoms with Crippen LogP contribution in [0.4, 0.5) is 0 Å². The summed E-state index contributed by atoms with van der Waals surface area (Å²) in [6.45, 7) is 3.54. The lowest BCUT2D eigenvalue weighted by atomic mass is 10.3. The molecule has 1 aromatic rings. The fourth-order valence-corrected chi connectivity index (χ4v) is 3.22. The molecule has 0 fully saturated rings. The van der Waals surface area contributed by atoms with Crippen molar-refractivity contribution in [2.24, 2.45) is 0 Å². The van der Waals surface area contributed by atoms with Crippen LogP contribution in [0, 0.1) is 0 Å². The highest BCUT2D eigenvalue weighted by Gasteiger charge is 2.20. The molecule has 0 amide bonds. The number of sulfone groups is 1. The molecule has 0 aliphatic carbocycles. The third-order valence-corrected chi connectivity index (χ3v) is 4.24. The lowest BCUT2D eigenvalue weighted by Crippen LogP contribution is -2.33. The van der Waals surface area contributed by atoms with Gasteiger partial charge in [0.15, 0.2) is 21.3 Å². The number of rotatable bonds is 7. The van der Waals surface area contributed by atoms with Crippen LogP contribution in [-0.4, -0.2) is 40.0 Å². The molecule has 0 saturated carbocycles. The molecule has 0 saturated heterocycles. The van der Waals surface area contributed by atoms with Gasteiger partial charge in [-0.1, -0.05) is 18.2 Å². The highest BCUT2D eigenvalue weighted by atomic mass is 32.2. The standard InChI is InChI=1S/C14H19NO4S/c1-2-18-13-5-3-4-6-14(13)19-9-8-15-12-7-10-20(16,17)11-12/h3-7,10,12,15H,2,8-9,11H2,1H3. The summed E-state index contributed by atoms with van der Waals surface area (Å²) in [4.78, 5) is 0. The van der Waals surface area contributed by atoms with E-state index in [-0.39, 0.29) is 11.8 Å². The summed E-state index contributed by atoms with van der Waals surface area (Å²) in [6.07, 6.45) is 1.67. The van der Waals surface area contributed by atoms with Gasteiger partial charge in [0.1, 0.15) is 6.61 Å². The Bertz CT molecular complexity index is 568. The van der Waals surface area contributed by atoms with Crippen molar-refractivity contribution in [3.8, 4) is 11.5 Å². The van der Waals surface area contributed by atoms with Gasteiger partial charge in [-0.3, -0.25) is 0 Å². The number of ether oxygens (including phenoxy) is 2. The Kier molecular flexibility index (Phi) is 5.03. The van der Waals surface area contributed by atoms with E-state index in [0.717, 1.165) is 5.75 Å². The molecule has 0 bridgehead atoms. The van der Waals surface area contributed by atoms with E-state index in [4.69, 9.17) is 9.47 Å². The van der Waals surface area contributed by atoms with Gasteiger partial charge in [-0.15, -0.1) is 0 Å². The van der Waals surface area contributed by atoms with Crippen molar-refractivity contribution < 1.29 is 17.9 Å². The van der Waals surface area contributed by atoms with Crippen LogP contribution in [-0.2, 0) is 9.84 Å². The average molecular weight is 297 g/mol. The summed E-state index contributed by atoms with van der Waals surface area (Å²) >= 11 is 0. The number of hydrogen-bond donors (Lipinski definition) is 1. The zero-order valence-corrected chi connectivity index (χ0v) is 12.2. The van der Waals surface area contributed by atoms with Gasteiger partial charge in [-0.2, -0.15) is 0 Å². The topological polar surface area (TPSA) is 64.6 Å². The summed E-state index contributed by atoms with van der Waals surface area (Å²) in [5.41, 5.74) is 0. The summed E-state index contributed by atoms with van der Waals surface area (Å²) < 4.78 is 33.6. The van der Waals surface area contributed by atoms with Gasteiger partial charge in [-0.05, 0) is 19.1 Å². The van der Waals surface area contributed by atoms with Gasteiger partial charge >= 0.3 is 0 Å². The SMILES string of the molecule is CCOc1ccccc1OCCNC1C=CS(=O)(=O)C1. The number of para-hydroxylation sites is 2. The van der Waals surface area contributed by atoms with E-state index < -0.39 is 9.84 Å². The zero-order chi connectivity index (χ0) is 14.4. The fraction of sp³-hybridized carbons (Fsp3) is 0.429. The quantitative estimate of drug-likeness (QED) is 0.770. The van der Waals surface area contributed by atoms with Gasteiger partial charge in [0, 0.05) is 18.0 Å². The van der Waals surface area contributed by atoms with Crippen molar-refractivity contribution >= 4 is 9.84 Å². The first-order valence-corrected chi connectivity index (χ1v) is 8.31.